The smallest absolute Gasteiger partial charge is 0.406 e. The molecule has 0 unspecified atom stereocenters. The Morgan fingerprint density at radius 3 is 2.41 bits per heavy atom. The lowest BCUT2D eigenvalue weighted by Crippen LogP contribution is -2.37. The third kappa shape index (κ3) is 5.38. The second-order valence-electron chi connectivity index (χ2n) is 7.30. The fraction of sp³-hybridized carbons (Fsp3) is 0.300. The molecule has 2 aromatic rings. The molecule has 6 nitrogen and oxygen atoms in total. The Morgan fingerprint density at radius 1 is 1.12 bits per heavy atom. The first kappa shape index (κ1) is 22.9. The highest BCUT2D eigenvalue weighted by atomic mass is 35.5. The van der Waals surface area contributed by atoms with E-state index in [0.29, 0.717) is 15.9 Å². The molecule has 0 aromatic heterocycles. The number of amides is 1. The summed E-state index contributed by atoms with van der Waals surface area (Å²) in [6, 6.07) is 11.3. The number of alkyl halides is 3. The first-order valence-corrected chi connectivity index (χ1v) is 12.5. The van der Waals surface area contributed by atoms with Gasteiger partial charge in [-0.2, -0.15) is 4.99 Å². The quantitative estimate of drug-likeness (QED) is 0.624. The van der Waals surface area contributed by atoms with Crippen LogP contribution in [0.5, 0.6) is 5.75 Å². The molecular formula is C20H16ClF3N2O4S2. The fourth-order valence-corrected chi connectivity index (χ4v) is 7.66. The number of ether oxygens (including phenoxy) is 1. The largest absolute Gasteiger partial charge is 0.573 e. The summed E-state index contributed by atoms with van der Waals surface area (Å²) in [6.07, 6.45) is -4.79. The molecule has 2 fully saturated rings. The number of rotatable bonds is 4. The fourth-order valence-electron chi connectivity index (χ4n) is 3.60. The summed E-state index contributed by atoms with van der Waals surface area (Å²) in [5, 5.41) is 0.531. The molecule has 2 aliphatic rings. The number of halogens is 4. The highest BCUT2D eigenvalue weighted by Crippen LogP contribution is 2.41. The van der Waals surface area contributed by atoms with Crippen molar-refractivity contribution in [2.75, 3.05) is 16.4 Å². The van der Waals surface area contributed by atoms with Gasteiger partial charge in [-0.25, -0.2) is 8.42 Å². The molecule has 0 saturated carbocycles. The average molecular weight is 505 g/mol. The second kappa shape index (κ2) is 8.60. The van der Waals surface area contributed by atoms with E-state index >= 15 is 0 Å². The van der Waals surface area contributed by atoms with Crippen LogP contribution in [0.1, 0.15) is 5.56 Å². The predicted octanol–water partition coefficient (Wildman–Crippen LogP) is 4.08. The van der Waals surface area contributed by atoms with E-state index in [0.717, 1.165) is 17.7 Å². The second-order valence-corrected chi connectivity index (χ2v) is 11.1. The maximum Gasteiger partial charge on any atom is 0.573 e. The van der Waals surface area contributed by atoms with Crippen LogP contribution in [0.2, 0.25) is 5.02 Å². The van der Waals surface area contributed by atoms with Crippen molar-refractivity contribution in [2.45, 2.75) is 24.1 Å². The van der Waals surface area contributed by atoms with E-state index in [-0.39, 0.29) is 23.2 Å². The maximum atomic E-state index is 12.6. The number of aliphatic imine (C=N–C) groups is 1. The molecule has 0 N–H and O–H groups in total. The van der Waals surface area contributed by atoms with Crippen LogP contribution in [0.15, 0.2) is 53.5 Å². The van der Waals surface area contributed by atoms with Crippen molar-refractivity contribution < 1.29 is 31.1 Å². The van der Waals surface area contributed by atoms with Gasteiger partial charge in [-0.1, -0.05) is 35.5 Å². The van der Waals surface area contributed by atoms with Crippen LogP contribution in [0.4, 0.5) is 18.9 Å². The molecule has 0 aliphatic carbocycles. The van der Waals surface area contributed by atoms with E-state index in [4.69, 9.17) is 11.6 Å². The molecule has 32 heavy (non-hydrogen) atoms. The Morgan fingerprint density at radius 2 is 1.78 bits per heavy atom. The summed E-state index contributed by atoms with van der Waals surface area (Å²) in [6.45, 7) is 0. The Kier molecular flexibility index (Phi) is 6.17. The van der Waals surface area contributed by atoms with Crippen molar-refractivity contribution in [1.29, 1.82) is 0 Å². The van der Waals surface area contributed by atoms with Gasteiger partial charge < -0.3 is 9.64 Å². The average Bonchev–Trinajstić information content (AvgIpc) is 3.14. The molecule has 1 amide bonds. The van der Waals surface area contributed by atoms with E-state index in [1.807, 2.05) is 0 Å². The molecule has 2 atom stereocenters. The third-order valence-corrected chi connectivity index (χ3v) is 8.37. The van der Waals surface area contributed by atoms with Crippen molar-refractivity contribution in [3.63, 3.8) is 0 Å². The van der Waals surface area contributed by atoms with Crippen molar-refractivity contribution in [3.05, 3.63) is 59.1 Å². The highest BCUT2D eigenvalue weighted by molar-refractivity contribution is 8.16. The van der Waals surface area contributed by atoms with Gasteiger partial charge in [0.05, 0.1) is 24.0 Å². The molecule has 0 radical (unpaired) electrons. The maximum absolute atomic E-state index is 12.6. The first-order valence-electron chi connectivity index (χ1n) is 9.37. The van der Waals surface area contributed by atoms with Gasteiger partial charge in [0.2, 0.25) is 0 Å². The van der Waals surface area contributed by atoms with Crippen LogP contribution in [-0.4, -0.2) is 48.7 Å². The zero-order valence-electron chi connectivity index (χ0n) is 16.3. The predicted molar refractivity (Wildman–Crippen MR) is 117 cm³/mol. The minimum Gasteiger partial charge on any atom is -0.406 e. The van der Waals surface area contributed by atoms with Crippen LogP contribution in [-0.2, 0) is 21.1 Å². The Labute approximate surface area is 191 Å². The Bertz CT molecular complexity index is 1150. The molecule has 2 aromatic carbocycles. The SMILES string of the molecule is O=C(Cc1ccc(Cl)cc1)N=C1S[C@H]2CS(=O)(=O)C[C@@H]2N1c1ccc(OC(F)(F)F)cc1. The number of carbonyl (C=O) groups excluding carboxylic acids is 1. The van der Waals surface area contributed by atoms with Gasteiger partial charge in [0.15, 0.2) is 15.0 Å². The first-order chi connectivity index (χ1) is 15.0. The number of fused-ring (bicyclic) bond motifs is 1. The van der Waals surface area contributed by atoms with E-state index in [9.17, 15) is 26.4 Å². The lowest BCUT2D eigenvalue weighted by atomic mass is 10.1. The molecule has 0 bridgehead atoms. The summed E-state index contributed by atoms with van der Waals surface area (Å²) < 4.78 is 65.5. The summed E-state index contributed by atoms with van der Waals surface area (Å²) in [5.41, 5.74) is 1.14. The van der Waals surface area contributed by atoms with Crippen LogP contribution in [0, 0.1) is 0 Å². The van der Waals surface area contributed by atoms with Gasteiger partial charge in [-0.15, -0.1) is 13.2 Å². The Balaban J connectivity index is 1.60. The summed E-state index contributed by atoms with van der Waals surface area (Å²) in [4.78, 5) is 18.4. The number of thioether (sulfide) groups is 1. The van der Waals surface area contributed by atoms with E-state index in [1.54, 1.807) is 29.2 Å². The zero-order chi connectivity index (χ0) is 23.1. The number of nitrogens with zero attached hydrogens (tertiary/aromatic N) is 2. The number of sulfone groups is 1. The van der Waals surface area contributed by atoms with Crippen LogP contribution < -0.4 is 9.64 Å². The zero-order valence-corrected chi connectivity index (χ0v) is 18.6. The van der Waals surface area contributed by atoms with E-state index in [1.165, 1.54) is 23.9 Å². The third-order valence-electron chi connectivity index (χ3n) is 4.90. The minimum atomic E-state index is -4.82. The molecular weight excluding hydrogens is 489 g/mol. The number of hydrogen-bond acceptors (Lipinski definition) is 5. The van der Waals surface area contributed by atoms with Gasteiger partial charge in [-0.3, -0.25) is 4.79 Å². The van der Waals surface area contributed by atoms with Crippen LogP contribution in [0.25, 0.3) is 0 Å². The summed E-state index contributed by atoms with van der Waals surface area (Å²) in [7, 11) is -3.27. The van der Waals surface area contributed by atoms with Crippen LogP contribution >= 0.6 is 23.4 Å². The van der Waals surface area contributed by atoms with Crippen LogP contribution in [0.3, 0.4) is 0 Å². The van der Waals surface area contributed by atoms with Crippen molar-refractivity contribution in [2.24, 2.45) is 4.99 Å². The summed E-state index contributed by atoms with van der Waals surface area (Å²) in [5.74, 6) is -1.02. The number of amidine groups is 1. The molecule has 2 aliphatic heterocycles. The Hall–Kier alpha value is -2.24. The monoisotopic (exact) mass is 504 g/mol. The standard InChI is InChI=1S/C20H16ClF3N2O4S2/c21-13-3-1-12(2-4-13)9-18(27)25-19-26(16-10-32(28,29)11-17(16)31-19)14-5-7-15(8-6-14)30-20(22,23)24/h1-8,16-17H,9-11H2/t16-,17-/m0/s1. The lowest BCUT2D eigenvalue weighted by Gasteiger charge is -2.24. The molecule has 4 rings (SSSR count). The lowest BCUT2D eigenvalue weighted by molar-refractivity contribution is -0.274. The van der Waals surface area contributed by atoms with Gasteiger partial charge in [-0.05, 0) is 42.0 Å². The van der Waals surface area contributed by atoms with E-state index in [2.05, 4.69) is 9.73 Å². The van der Waals surface area contributed by atoms with Crippen molar-refractivity contribution in [1.82, 2.24) is 0 Å². The van der Waals surface area contributed by atoms with Gasteiger partial charge in [0.25, 0.3) is 5.91 Å². The van der Waals surface area contributed by atoms with Crippen molar-refractivity contribution in [3.8, 4) is 5.75 Å². The number of carbonyl (C=O) groups is 1. The molecule has 170 valence electrons. The molecule has 12 heteroatoms. The highest BCUT2D eigenvalue weighted by Gasteiger charge is 2.49. The van der Waals surface area contributed by atoms with Gasteiger partial charge in [0.1, 0.15) is 5.75 Å². The summed E-state index contributed by atoms with van der Waals surface area (Å²) >= 11 is 7.04. The number of benzene rings is 2. The van der Waals surface area contributed by atoms with Crippen molar-refractivity contribution >= 4 is 50.0 Å². The molecule has 2 heterocycles. The molecule has 0 spiro atoms. The topological polar surface area (TPSA) is 76.0 Å². The number of hydrogen-bond donors (Lipinski definition) is 0. The van der Waals surface area contributed by atoms with Gasteiger partial charge in [0, 0.05) is 16.0 Å². The minimum absolute atomic E-state index is 0.0288. The normalized spacial score (nSPS) is 23.4. The van der Waals surface area contributed by atoms with E-state index < -0.39 is 33.9 Å². The number of anilines is 1. The molecule has 2 saturated heterocycles. The van der Waals surface area contributed by atoms with Gasteiger partial charge >= 0.3 is 6.36 Å².